The van der Waals surface area contributed by atoms with Gasteiger partial charge in [-0.05, 0) is 12.8 Å². The van der Waals surface area contributed by atoms with E-state index in [4.69, 9.17) is 0 Å². The zero-order valence-corrected chi connectivity index (χ0v) is 15.7. The molecule has 111 valence electrons. The van der Waals surface area contributed by atoms with E-state index in [1.165, 1.54) is 38.5 Å². The maximum atomic E-state index is 2.45. The Balaban J connectivity index is 0.000000147. The predicted molar refractivity (Wildman–Crippen MR) is 86.8 cm³/mol. The SMILES string of the molecule is C1=CCC2CC[CH-]C2C=C1.C1=CCC2CC[CH-]C2C=C1.[Y]. The van der Waals surface area contributed by atoms with E-state index >= 15 is 0 Å². The van der Waals surface area contributed by atoms with E-state index in [9.17, 15) is 0 Å². The van der Waals surface area contributed by atoms with Gasteiger partial charge in [-0.2, -0.15) is 12.8 Å². The Kier molecular flexibility index (Phi) is 7.68. The summed E-state index contributed by atoms with van der Waals surface area (Å²) in [4.78, 5) is 0. The second-order valence-electron chi connectivity index (χ2n) is 6.40. The molecule has 0 aliphatic heterocycles. The van der Waals surface area contributed by atoms with Crippen LogP contribution in [0.25, 0.3) is 0 Å². The van der Waals surface area contributed by atoms with Crippen LogP contribution in [0.15, 0.2) is 48.6 Å². The standard InChI is InChI=1S/2C10H13.Y/c2*1-2-5-9-7-4-8-10(9)6-3-1;/h2*1-3,5,7,9-10H,4,6,8H2;/q2*-1;. The smallest absolute Gasteiger partial charge is 0 e. The molecule has 0 aromatic carbocycles. The Bertz CT molecular complexity index is 376. The van der Waals surface area contributed by atoms with Crippen molar-refractivity contribution < 1.29 is 32.7 Å². The zero-order valence-electron chi connectivity index (χ0n) is 12.9. The largest absolute Gasteiger partial charge is 0.321 e. The van der Waals surface area contributed by atoms with Gasteiger partial charge in [-0.25, -0.2) is 0 Å². The van der Waals surface area contributed by atoms with Crippen LogP contribution < -0.4 is 0 Å². The van der Waals surface area contributed by atoms with Gasteiger partial charge in [0.25, 0.3) is 0 Å². The van der Waals surface area contributed by atoms with Gasteiger partial charge in [-0.3, -0.25) is 0 Å². The van der Waals surface area contributed by atoms with Crippen molar-refractivity contribution in [3.8, 4) is 0 Å². The number of fused-ring (bicyclic) bond motifs is 2. The van der Waals surface area contributed by atoms with E-state index in [-0.39, 0.29) is 32.7 Å². The number of allylic oxidation sites excluding steroid dienone is 8. The van der Waals surface area contributed by atoms with Crippen LogP contribution in [-0.4, -0.2) is 0 Å². The van der Waals surface area contributed by atoms with Crippen LogP contribution in [0.5, 0.6) is 0 Å². The minimum Gasteiger partial charge on any atom is -0.321 e. The summed E-state index contributed by atoms with van der Waals surface area (Å²) in [7, 11) is 0. The number of rotatable bonds is 0. The molecular formula is C20H26Y-2. The molecule has 0 bridgehead atoms. The summed E-state index contributed by atoms with van der Waals surface area (Å²) in [6.07, 6.45) is 30.9. The monoisotopic (exact) mass is 355 g/mol. The first-order valence-electron chi connectivity index (χ1n) is 8.27. The molecule has 0 amide bonds. The van der Waals surface area contributed by atoms with Gasteiger partial charge in [0, 0.05) is 32.7 Å². The molecule has 0 heterocycles. The Hall–Kier alpha value is 0.0639. The second kappa shape index (κ2) is 9.26. The van der Waals surface area contributed by atoms with Crippen LogP contribution in [0, 0.1) is 36.5 Å². The molecule has 4 rings (SSSR count). The van der Waals surface area contributed by atoms with Gasteiger partial charge in [0.05, 0.1) is 0 Å². The molecule has 0 aromatic rings. The van der Waals surface area contributed by atoms with Crippen molar-refractivity contribution in [2.24, 2.45) is 23.7 Å². The average molecular weight is 355 g/mol. The molecule has 1 radical (unpaired) electrons. The summed E-state index contributed by atoms with van der Waals surface area (Å²) < 4.78 is 0. The molecule has 2 saturated carbocycles. The topological polar surface area (TPSA) is 0 Å². The van der Waals surface area contributed by atoms with Crippen LogP contribution in [-0.2, 0) is 32.7 Å². The maximum Gasteiger partial charge on any atom is 0 e. The van der Waals surface area contributed by atoms with Crippen LogP contribution in [0.3, 0.4) is 0 Å². The molecule has 21 heavy (non-hydrogen) atoms. The van der Waals surface area contributed by atoms with Gasteiger partial charge >= 0.3 is 0 Å². The third-order valence-corrected chi connectivity index (χ3v) is 5.08. The summed E-state index contributed by atoms with van der Waals surface area (Å²) in [5.41, 5.74) is 0. The van der Waals surface area contributed by atoms with Crippen LogP contribution in [0.1, 0.15) is 38.5 Å². The third kappa shape index (κ3) is 5.03. The fourth-order valence-corrected chi connectivity index (χ4v) is 3.85. The normalized spacial score (nSPS) is 35.8. The summed E-state index contributed by atoms with van der Waals surface area (Å²) in [6.45, 7) is 0. The Morgan fingerprint density at radius 2 is 1.14 bits per heavy atom. The molecule has 0 spiro atoms. The van der Waals surface area contributed by atoms with Gasteiger partial charge in [0.2, 0.25) is 0 Å². The minimum absolute atomic E-state index is 0. The van der Waals surface area contributed by atoms with Crippen LogP contribution in [0.4, 0.5) is 0 Å². The summed E-state index contributed by atoms with van der Waals surface area (Å²) in [5.74, 6) is 3.43. The first-order chi connectivity index (χ1) is 9.93. The summed E-state index contributed by atoms with van der Waals surface area (Å²) in [5, 5.41) is 0. The minimum atomic E-state index is 0. The van der Waals surface area contributed by atoms with Crippen molar-refractivity contribution in [2.45, 2.75) is 38.5 Å². The van der Waals surface area contributed by atoms with Gasteiger partial charge in [0.1, 0.15) is 0 Å². The molecular weight excluding hydrogens is 329 g/mol. The quantitative estimate of drug-likeness (QED) is 0.506. The molecule has 1 heteroatoms. The van der Waals surface area contributed by atoms with Gasteiger partial charge < -0.3 is 12.8 Å². The molecule has 0 aromatic heterocycles. The number of hydrogen-bond acceptors (Lipinski definition) is 0. The van der Waals surface area contributed by atoms with Gasteiger partial charge in [0.15, 0.2) is 0 Å². The second-order valence-corrected chi connectivity index (χ2v) is 6.40. The van der Waals surface area contributed by atoms with E-state index in [1.807, 2.05) is 0 Å². The van der Waals surface area contributed by atoms with Crippen LogP contribution in [0.2, 0.25) is 0 Å². The summed E-state index contributed by atoms with van der Waals surface area (Å²) in [6, 6.07) is 0. The maximum absolute atomic E-state index is 2.45. The molecule has 0 N–H and O–H groups in total. The fraction of sp³-hybridized carbons (Fsp3) is 0.500. The molecule has 4 aliphatic carbocycles. The van der Waals surface area contributed by atoms with Crippen LogP contribution >= 0.6 is 0 Å². The molecule has 4 atom stereocenters. The fourth-order valence-electron chi connectivity index (χ4n) is 3.85. The molecule has 4 aliphatic rings. The average Bonchev–Trinajstić information content (AvgIpc) is 2.98. The zero-order chi connectivity index (χ0) is 13.6. The molecule has 0 saturated heterocycles. The van der Waals surface area contributed by atoms with Crippen molar-refractivity contribution in [1.82, 2.24) is 0 Å². The Morgan fingerprint density at radius 3 is 1.62 bits per heavy atom. The molecule has 0 nitrogen and oxygen atoms in total. The van der Waals surface area contributed by atoms with Crippen molar-refractivity contribution in [3.63, 3.8) is 0 Å². The predicted octanol–water partition coefficient (Wildman–Crippen LogP) is 5.46. The van der Waals surface area contributed by atoms with Gasteiger partial charge in [-0.15, -0.1) is 24.0 Å². The molecule has 2 fully saturated rings. The Labute approximate surface area is 155 Å². The van der Waals surface area contributed by atoms with E-state index < -0.39 is 0 Å². The van der Waals surface area contributed by atoms with E-state index in [2.05, 4.69) is 61.4 Å². The van der Waals surface area contributed by atoms with Crippen molar-refractivity contribution in [2.75, 3.05) is 0 Å². The van der Waals surface area contributed by atoms with E-state index in [0.717, 1.165) is 23.7 Å². The summed E-state index contributed by atoms with van der Waals surface area (Å²) >= 11 is 0. The van der Waals surface area contributed by atoms with Crippen molar-refractivity contribution in [3.05, 3.63) is 61.4 Å². The Morgan fingerprint density at radius 1 is 0.667 bits per heavy atom. The molecule has 4 unspecified atom stereocenters. The third-order valence-electron chi connectivity index (χ3n) is 5.08. The van der Waals surface area contributed by atoms with E-state index in [0.29, 0.717) is 0 Å². The number of hydrogen-bond donors (Lipinski definition) is 0. The first-order valence-corrected chi connectivity index (χ1v) is 8.27. The van der Waals surface area contributed by atoms with E-state index in [1.54, 1.807) is 0 Å². The van der Waals surface area contributed by atoms with Gasteiger partial charge in [-0.1, -0.05) is 61.1 Å². The first kappa shape index (κ1) is 17.4. The van der Waals surface area contributed by atoms with Crippen molar-refractivity contribution >= 4 is 0 Å². The van der Waals surface area contributed by atoms with Crippen molar-refractivity contribution in [1.29, 1.82) is 0 Å².